The van der Waals surface area contributed by atoms with Crippen LogP contribution in [-0.4, -0.2) is 24.4 Å². The molecular formula is C12H15BrN2O3. The van der Waals surface area contributed by atoms with Gasteiger partial charge in [-0.15, -0.1) is 0 Å². The predicted molar refractivity (Wildman–Crippen MR) is 69.1 cm³/mol. The molecule has 1 aromatic rings. The highest BCUT2D eigenvalue weighted by molar-refractivity contribution is 9.10. The normalized spacial score (nSPS) is 14.3. The zero-order chi connectivity index (χ0) is 13.0. The summed E-state index contributed by atoms with van der Waals surface area (Å²) < 4.78 is 5.63. The molecule has 6 heteroatoms. The van der Waals surface area contributed by atoms with Crippen molar-refractivity contribution in [2.45, 2.75) is 31.7 Å². The van der Waals surface area contributed by atoms with Crippen LogP contribution in [-0.2, 0) is 4.79 Å². The summed E-state index contributed by atoms with van der Waals surface area (Å²) in [5.74, 6) is 0.0695. The van der Waals surface area contributed by atoms with E-state index < -0.39 is 0 Å². The van der Waals surface area contributed by atoms with E-state index in [1.165, 1.54) is 0 Å². The molecular weight excluding hydrogens is 300 g/mol. The van der Waals surface area contributed by atoms with E-state index in [1.54, 1.807) is 12.1 Å². The first kappa shape index (κ1) is 13.1. The Morgan fingerprint density at radius 3 is 2.78 bits per heavy atom. The number of hydrogen-bond acceptors (Lipinski definition) is 3. The average Bonchev–Trinajstić information content (AvgIpc) is 3.03. The minimum absolute atomic E-state index is 0.0625. The van der Waals surface area contributed by atoms with Crippen LogP contribution in [0, 0.1) is 0 Å². The smallest absolute Gasteiger partial charge is 0.287 e. The molecule has 5 nitrogen and oxygen atoms in total. The SMILES string of the molecule is O=C(CCCNC(=O)c1ccc(Br)o1)NC1CC1. The summed E-state index contributed by atoms with van der Waals surface area (Å²) in [6.07, 6.45) is 3.26. The average molecular weight is 315 g/mol. The van der Waals surface area contributed by atoms with Gasteiger partial charge in [0.25, 0.3) is 5.91 Å². The van der Waals surface area contributed by atoms with Crippen LogP contribution >= 0.6 is 15.9 Å². The Hall–Kier alpha value is -1.30. The van der Waals surface area contributed by atoms with Crippen molar-refractivity contribution in [3.8, 4) is 0 Å². The Balaban J connectivity index is 1.59. The number of hydrogen-bond donors (Lipinski definition) is 2. The molecule has 1 fully saturated rings. The van der Waals surface area contributed by atoms with E-state index in [4.69, 9.17) is 4.42 Å². The molecule has 1 aliphatic rings. The van der Waals surface area contributed by atoms with Gasteiger partial charge in [0.05, 0.1) is 0 Å². The topological polar surface area (TPSA) is 71.3 Å². The molecule has 0 spiro atoms. The number of carbonyl (C=O) groups excluding carboxylic acids is 2. The van der Waals surface area contributed by atoms with Gasteiger partial charge >= 0.3 is 0 Å². The highest BCUT2D eigenvalue weighted by Crippen LogP contribution is 2.18. The molecule has 2 rings (SSSR count). The Labute approximate surface area is 113 Å². The molecule has 98 valence electrons. The third-order valence-electron chi connectivity index (χ3n) is 2.61. The van der Waals surface area contributed by atoms with Crippen LogP contribution in [0.5, 0.6) is 0 Å². The first-order valence-electron chi connectivity index (χ1n) is 5.98. The number of furan rings is 1. The molecule has 0 unspecified atom stereocenters. The number of carbonyl (C=O) groups is 2. The molecule has 0 atom stereocenters. The number of rotatable bonds is 6. The van der Waals surface area contributed by atoms with Gasteiger partial charge in [-0.2, -0.15) is 0 Å². The van der Waals surface area contributed by atoms with Crippen LogP contribution in [0.3, 0.4) is 0 Å². The molecule has 1 aliphatic carbocycles. The predicted octanol–water partition coefficient (Wildman–Crippen LogP) is 1.83. The monoisotopic (exact) mass is 314 g/mol. The highest BCUT2D eigenvalue weighted by atomic mass is 79.9. The zero-order valence-corrected chi connectivity index (χ0v) is 11.5. The van der Waals surface area contributed by atoms with E-state index in [9.17, 15) is 9.59 Å². The maximum Gasteiger partial charge on any atom is 0.287 e. The summed E-state index contributed by atoms with van der Waals surface area (Å²) in [6, 6.07) is 3.66. The van der Waals surface area contributed by atoms with Crippen molar-refractivity contribution >= 4 is 27.7 Å². The fourth-order valence-corrected chi connectivity index (χ4v) is 1.81. The molecule has 1 aromatic heterocycles. The minimum Gasteiger partial charge on any atom is -0.444 e. The fourth-order valence-electron chi connectivity index (χ4n) is 1.50. The first-order chi connectivity index (χ1) is 8.65. The standard InChI is InChI=1S/C12H15BrN2O3/c13-10-6-5-9(18-10)12(17)14-7-1-2-11(16)15-8-3-4-8/h5-6,8H,1-4,7H2,(H,14,17)(H,15,16). The molecule has 0 aliphatic heterocycles. The van der Waals surface area contributed by atoms with Gasteiger partial charge in [-0.3, -0.25) is 9.59 Å². The second-order valence-electron chi connectivity index (χ2n) is 4.30. The largest absolute Gasteiger partial charge is 0.444 e. The maximum absolute atomic E-state index is 11.6. The fraction of sp³-hybridized carbons (Fsp3) is 0.500. The van der Waals surface area contributed by atoms with E-state index in [0.29, 0.717) is 30.1 Å². The Morgan fingerprint density at radius 2 is 2.17 bits per heavy atom. The van der Waals surface area contributed by atoms with Crippen LogP contribution in [0.2, 0.25) is 0 Å². The molecule has 18 heavy (non-hydrogen) atoms. The lowest BCUT2D eigenvalue weighted by molar-refractivity contribution is -0.121. The van der Waals surface area contributed by atoms with Gasteiger partial charge < -0.3 is 15.1 Å². The minimum atomic E-state index is -0.261. The first-order valence-corrected chi connectivity index (χ1v) is 6.77. The summed E-state index contributed by atoms with van der Waals surface area (Å²) in [6.45, 7) is 0.467. The van der Waals surface area contributed by atoms with Gasteiger partial charge in [-0.1, -0.05) is 0 Å². The second kappa shape index (κ2) is 6.04. The van der Waals surface area contributed by atoms with Crippen LogP contribution in [0.25, 0.3) is 0 Å². The van der Waals surface area contributed by atoms with Crippen LogP contribution < -0.4 is 10.6 Å². The third-order valence-corrected chi connectivity index (χ3v) is 3.03. The number of halogens is 1. The van der Waals surface area contributed by atoms with Gasteiger partial charge in [0.2, 0.25) is 5.91 Å². The summed E-state index contributed by atoms with van der Waals surface area (Å²) in [7, 11) is 0. The maximum atomic E-state index is 11.6. The van der Waals surface area contributed by atoms with Gasteiger partial charge in [0.1, 0.15) is 0 Å². The summed E-state index contributed by atoms with van der Waals surface area (Å²) in [5.41, 5.74) is 0. The van der Waals surface area contributed by atoms with Crippen molar-refractivity contribution in [2.75, 3.05) is 6.54 Å². The molecule has 0 radical (unpaired) electrons. The van der Waals surface area contributed by atoms with E-state index in [1.807, 2.05) is 0 Å². The van der Waals surface area contributed by atoms with Crippen LogP contribution in [0.4, 0.5) is 0 Å². The van der Waals surface area contributed by atoms with Crippen LogP contribution in [0.1, 0.15) is 36.2 Å². The van der Waals surface area contributed by atoms with Gasteiger partial charge in [-0.25, -0.2) is 0 Å². The third kappa shape index (κ3) is 4.18. The molecule has 2 N–H and O–H groups in total. The van der Waals surface area contributed by atoms with E-state index in [0.717, 1.165) is 12.8 Å². The quantitative estimate of drug-likeness (QED) is 0.787. The van der Waals surface area contributed by atoms with Crippen molar-refractivity contribution in [1.29, 1.82) is 0 Å². The Bertz CT molecular complexity index is 440. The lowest BCUT2D eigenvalue weighted by atomic mass is 10.3. The van der Waals surface area contributed by atoms with E-state index in [2.05, 4.69) is 26.6 Å². The zero-order valence-electron chi connectivity index (χ0n) is 9.87. The molecule has 0 saturated heterocycles. The lowest BCUT2D eigenvalue weighted by Gasteiger charge is -2.04. The molecule has 0 aromatic carbocycles. The second-order valence-corrected chi connectivity index (χ2v) is 5.09. The molecule has 2 amide bonds. The van der Waals surface area contributed by atoms with Gasteiger partial charge in [0.15, 0.2) is 10.4 Å². The van der Waals surface area contributed by atoms with E-state index in [-0.39, 0.29) is 17.6 Å². The van der Waals surface area contributed by atoms with Gasteiger partial charge in [0, 0.05) is 19.0 Å². The summed E-state index contributed by atoms with van der Waals surface area (Å²) >= 11 is 3.13. The summed E-state index contributed by atoms with van der Waals surface area (Å²) in [4.78, 5) is 22.9. The number of nitrogens with one attached hydrogen (secondary N) is 2. The number of amides is 2. The Morgan fingerprint density at radius 1 is 1.39 bits per heavy atom. The van der Waals surface area contributed by atoms with E-state index >= 15 is 0 Å². The van der Waals surface area contributed by atoms with Crippen molar-refractivity contribution < 1.29 is 14.0 Å². The lowest BCUT2D eigenvalue weighted by Crippen LogP contribution is -2.28. The van der Waals surface area contributed by atoms with Crippen molar-refractivity contribution in [2.24, 2.45) is 0 Å². The summed E-state index contributed by atoms with van der Waals surface area (Å²) in [5, 5.41) is 5.60. The van der Waals surface area contributed by atoms with Crippen molar-refractivity contribution in [3.63, 3.8) is 0 Å². The van der Waals surface area contributed by atoms with Crippen LogP contribution in [0.15, 0.2) is 21.2 Å². The van der Waals surface area contributed by atoms with Gasteiger partial charge in [-0.05, 0) is 47.3 Å². The molecule has 1 heterocycles. The van der Waals surface area contributed by atoms with Crippen molar-refractivity contribution in [3.05, 3.63) is 22.6 Å². The molecule has 1 saturated carbocycles. The highest BCUT2D eigenvalue weighted by Gasteiger charge is 2.22. The molecule has 0 bridgehead atoms. The Kier molecular flexibility index (Phi) is 4.41. The van der Waals surface area contributed by atoms with Crippen molar-refractivity contribution in [1.82, 2.24) is 10.6 Å².